The molecular formula is C24H27N3O2. The van der Waals surface area contributed by atoms with Crippen LogP contribution in [0, 0.1) is 6.92 Å². The van der Waals surface area contributed by atoms with Gasteiger partial charge < -0.3 is 10.4 Å². The Bertz CT molecular complexity index is 1100. The second-order valence-corrected chi connectivity index (χ2v) is 8.03. The zero-order chi connectivity index (χ0) is 20.6. The lowest BCUT2D eigenvalue weighted by Gasteiger charge is -2.36. The van der Waals surface area contributed by atoms with Crippen LogP contribution in [0.25, 0.3) is 16.9 Å². The van der Waals surface area contributed by atoms with Gasteiger partial charge in [-0.15, -0.1) is 0 Å². The number of nitrogens with zero attached hydrogens (tertiary/aromatic N) is 2. The van der Waals surface area contributed by atoms with E-state index >= 15 is 0 Å². The summed E-state index contributed by atoms with van der Waals surface area (Å²) in [4.78, 5) is 18.8. The van der Waals surface area contributed by atoms with Crippen molar-refractivity contribution in [3.63, 3.8) is 0 Å². The molecule has 29 heavy (non-hydrogen) atoms. The van der Waals surface area contributed by atoms with Crippen LogP contribution in [0.2, 0.25) is 0 Å². The maximum absolute atomic E-state index is 13.9. The Hall–Kier alpha value is -2.92. The number of hydrogen-bond donors (Lipinski definition) is 2. The molecule has 2 N–H and O–H groups in total. The Morgan fingerprint density at radius 2 is 1.90 bits per heavy atom. The van der Waals surface area contributed by atoms with Gasteiger partial charge >= 0.3 is 0 Å². The lowest BCUT2D eigenvalue weighted by molar-refractivity contribution is 0.310. The van der Waals surface area contributed by atoms with Crippen molar-refractivity contribution in [2.45, 2.75) is 39.0 Å². The summed E-state index contributed by atoms with van der Waals surface area (Å²) in [5.74, 6) is 0.460. The van der Waals surface area contributed by atoms with Gasteiger partial charge in [0.05, 0.1) is 23.6 Å². The second-order valence-electron chi connectivity index (χ2n) is 8.03. The molecule has 0 radical (unpaired) electrons. The molecule has 1 aliphatic rings. The quantitative estimate of drug-likeness (QED) is 0.696. The van der Waals surface area contributed by atoms with Crippen molar-refractivity contribution in [2.24, 2.45) is 0 Å². The van der Waals surface area contributed by atoms with Crippen LogP contribution in [-0.4, -0.2) is 27.8 Å². The van der Waals surface area contributed by atoms with Crippen LogP contribution in [0.15, 0.2) is 53.3 Å². The van der Waals surface area contributed by atoms with E-state index in [-0.39, 0.29) is 17.6 Å². The summed E-state index contributed by atoms with van der Waals surface area (Å²) in [5.41, 5.74) is 5.34. The highest BCUT2D eigenvalue weighted by molar-refractivity contribution is 5.73. The number of aromatic nitrogens is 2. The normalized spacial score (nSPS) is 17.5. The topological polar surface area (TPSA) is 67.2 Å². The van der Waals surface area contributed by atoms with Crippen LogP contribution in [0.4, 0.5) is 5.95 Å². The second kappa shape index (κ2) is 7.48. The number of rotatable bonds is 5. The Kier molecular flexibility index (Phi) is 5.01. The number of fused-ring (bicyclic) bond motifs is 3. The van der Waals surface area contributed by atoms with Crippen molar-refractivity contribution in [2.75, 3.05) is 18.5 Å². The van der Waals surface area contributed by atoms with Crippen molar-refractivity contribution in [3.8, 4) is 16.9 Å². The maximum atomic E-state index is 13.9. The molecule has 0 bridgehead atoms. The molecule has 4 rings (SSSR count). The largest absolute Gasteiger partial charge is 0.395 e. The van der Waals surface area contributed by atoms with E-state index in [2.05, 4.69) is 25.2 Å². The smallest absolute Gasteiger partial charge is 0.263 e. The molecule has 0 spiro atoms. The average Bonchev–Trinajstić information content (AvgIpc) is 2.73. The fraction of sp³-hybridized carbons (Fsp3) is 0.333. The first kappa shape index (κ1) is 19.4. The molecule has 5 nitrogen and oxygen atoms in total. The molecule has 1 aliphatic carbocycles. The summed E-state index contributed by atoms with van der Waals surface area (Å²) in [6, 6.07) is 16.1. The summed E-state index contributed by atoms with van der Waals surface area (Å²) < 4.78 is 1.65. The summed E-state index contributed by atoms with van der Waals surface area (Å²) >= 11 is 0. The van der Waals surface area contributed by atoms with E-state index in [1.54, 1.807) is 4.57 Å². The minimum Gasteiger partial charge on any atom is -0.395 e. The molecule has 0 aliphatic heterocycles. The number of nitrogens with one attached hydrogen (secondary N) is 1. The lowest BCUT2D eigenvalue weighted by atomic mass is 9.69. The van der Waals surface area contributed by atoms with Gasteiger partial charge in [0, 0.05) is 17.5 Å². The summed E-state index contributed by atoms with van der Waals surface area (Å²) in [7, 11) is 0. The standard InChI is InChI=1S/C24H27N3O2/c1-4-24(3)15-17-7-5-6-8-19(17)21-20(24)22(29)27(23(26-21)25-13-14-28)18-11-9-16(2)10-12-18/h5-12,28H,4,13-15H2,1-3H3,(H,25,26)/t24-/m0/s1. The Morgan fingerprint density at radius 3 is 2.59 bits per heavy atom. The van der Waals surface area contributed by atoms with Crippen LogP contribution in [-0.2, 0) is 11.8 Å². The first-order valence-electron chi connectivity index (χ1n) is 10.2. The number of aliphatic hydroxyl groups excluding tert-OH is 1. The van der Waals surface area contributed by atoms with Crippen molar-refractivity contribution in [1.82, 2.24) is 9.55 Å². The van der Waals surface area contributed by atoms with Gasteiger partial charge in [0.25, 0.3) is 5.56 Å². The third kappa shape index (κ3) is 3.25. The van der Waals surface area contributed by atoms with Crippen molar-refractivity contribution in [3.05, 3.63) is 75.6 Å². The third-order valence-corrected chi connectivity index (χ3v) is 6.01. The number of benzene rings is 2. The van der Waals surface area contributed by atoms with Crippen molar-refractivity contribution in [1.29, 1.82) is 0 Å². The van der Waals surface area contributed by atoms with E-state index in [0.29, 0.717) is 12.5 Å². The first-order chi connectivity index (χ1) is 14.0. The number of aryl methyl sites for hydroxylation is 1. The minimum atomic E-state index is -0.282. The monoisotopic (exact) mass is 389 g/mol. The van der Waals surface area contributed by atoms with E-state index < -0.39 is 0 Å². The predicted molar refractivity (Wildman–Crippen MR) is 117 cm³/mol. The van der Waals surface area contributed by atoms with E-state index in [0.717, 1.165) is 40.9 Å². The highest BCUT2D eigenvalue weighted by Crippen LogP contribution is 2.42. The molecule has 1 atom stereocenters. The fourth-order valence-corrected chi connectivity index (χ4v) is 4.20. The molecule has 150 valence electrons. The number of anilines is 1. The van der Waals surface area contributed by atoms with Crippen LogP contribution >= 0.6 is 0 Å². The highest BCUT2D eigenvalue weighted by Gasteiger charge is 2.38. The predicted octanol–water partition coefficient (Wildman–Crippen LogP) is 3.84. The first-order valence-corrected chi connectivity index (χ1v) is 10.2. The van der Waals surface area contributed by atoms with Crippen LogP contribution in [0.1, 0.15) is 37.0 Å². The van der Waals surface area contributed by atoms with E-state index in [1.807, 2.05) is 49.4 Å². The molecule has 1 aromatic heterocycles. The van der Waals surface area contributed by atoms with Crippen molar-refractivity contribution < 1.29 is 5.11 Å². The van der Waals surface area contributed by atoms with Gasteiger partial charge in [-0.1, -0.05) is 55.8 Å². The lowest BCUT2D eigenvalue weighted by Crippen LogP contribution is -2.39. The molecule has 2 aromatic carbocycles. The van der Waals surface area contributed by atoms with Gasteiger partial charge in [0.2, 0.25) is 5.95 Å². The summed E-state index contributed by atoms with van der Waals surface area (Å²) in [6.07, 6.45) is 1.67. The Balaban J connectivity index is 2.05. The third-order valence-electron chi connectivity index (χ3n) is 6.01. The van der Waals surface area contributed by atoms with E-state index in [4.69, 9.17) is 4.98 Å². The molecular weight excluding hydrogens is 362 g/mol. The number of hydrogen-bond acceptors (Lipinski definition) is 4. The fourth-order valence-electron chi connectivity index (χ4n) is 4.20. The molecule has 3 aromatic rings. The molecule has 0 saturated heterocycles. The van der Waals surface area contributed by atoms with Gasteiger partial charge in [-0.3, -0.25) is 4.79 Å². The molecule has 1 heterocycles. The van der Waals surface area contributed by atoms with Gasteiger partial charge in [-0.25, -0.2) is 9.55 Å². The highest BCUT2D eigenvalue weighted by atomic mass is 16.3. The molecule has 0 saturated carbocycles. The molecule has 0 amide bonds. The van der Waals surface area contributed by atoms with Crippen LogP contribution < -0.4 is 10.9 Å². The zero-order valence-corrected chi connectivity index (χ0v) is 17.2. The van der Waals surface area contributed by atoms with Gasteiger partial charge in [0.15, 0.2) is 0 Å². The number of aliphatic hydroxyl groups is 1. The SMILES string of the molecule is CC[C@@]1(C)Cc2ccccc2-c2nc(NCCO)n(-c3ccc(C)cc3)c(=O)c21. The Morgan fingerprint density at radius 1 is 1.17 bits per heavy atom. The van der Waals surface area contributed by atoms with E-state index in [1.165, 1.54) is 5.56 Å². The molecule has 0 unspecified atom stereocenters. The van der Waals surface area contributed by atoms with Gasteiger partial charge in [0.1, 0.15) is 0 Å². The zero-order valence-electron chi connectivity index (χ0n) is 17.2. The Labute approximate surface area is 171 Å². The van der Waals surface area contributed by atoms with Gasteiger partial charge in [-0.2, -0.15) is 0 Å². The van der Waals surface area contributed by atoms with Gasteiger partial charge in [-0.05, 0) is 37.5 Å². The van der Waals surface area contributed by atoms with Crippen LogP contribution in [0.3, 0.4) is 0 Å². The van der Waals surface area contributed by atoms with Crippen LogP contribution in [0.5, 0.6) is 0 Å². The van der Waals surface area contributed by atoms with Crippen molar-refractivity contribution >= 4 is 5.95 Å². The molecule has 5 heteroatoms. The summed E-state index contributed by atoms with van der Waals surface area (Å²) in [6.45, 7) is 6.60. The van der Waals surface area contributed by atoms with E-state index in [9.17, 15) is 9.90 Å². The average molecular weight is 389 g/mol. The maximum Gasteiger partial charge on any atom is 0.263 e. The minimum absolute atomic E-state index is 0.0376. The summed E-state index contributed by atoms with van der Waals surface area (Å²) in [5, 5.41) is 12.5. The molecule has 0 fully saturated rings.